The summed E-state index contributed by atoms with van der Waals surface area (Å²) in [6.07, 6.45) is 0. The molecule has 88 valence electrons. The molecule has 2 nitrogen and oxygen atoms in total. The topological polar surface area (TPSA) is 15.3 Å². The van der Waals surface area contributed by atoms with Gasteiger partial charge in [0.25, 0.3) is 0 Å². The second-order valence-electron chi connectivity index (χ2n) is 3.80. The second-order valence-corrected chi connectivity index (χ2v) is 3.80. The molecule has 0 atom stereocenters. The molecule has 1 aromatic rings. The van der Waals surface area contributed by atoms with Gasteiger partial charge in [-0.05, 0) is 18.7 Å². The molecule has 1 rings (SSSR count). The normalized spacial score (nSPS) is 10.4. The first kappa shape index (κ1) is 12.8. The SMILES string of the molecule is C=C(NCCN(CC)CC)c1ccccc1. The fourth-order valence-electron chi connectivity index (χ4n) is 1.65. The summed E-state index contributed by atoms with van der Waals surface area (Å²) < 4.78 is 0. The van der Waals surface area contributed by atoms with E-state index in [4.69, 9.17) is 0 Å². The Morgan fingerprint density at radius 1 is 1.19 bits per heavy atom. The summed E-state index contributed by atoms with van der Waals surface area (Å²) in [5.74, 6) is 0. The van der Waals surface area contributed by atoms with Gasteiger partial charge in [0, 0.05) is 18.8 Å². The average molecular weight is 218 g/mol. The highest BCUT2D eigenvalue weighted by Gasteiger charge is 1.99. The quantitative estimate of drug-likeness (QED) is 0.756. The van der Waals surface area contributed by atoms with Crippen LogP contribution >= 0.6 is 0 Å². The van der Waals surface area contributed by atoms with Crippen molar-refractivity contribution >= 4 is 5.70 Å². The molecule has 0 aliphatic rings. The first-order chi connectivity index (χ1) is 7.77. The molecule has 0 aliphatic carbocycles. The minimum atomic E-state index is 0.954. The first-order valence-corrected chi connectivity index (χ1v) is 5.98. The van der Waals surface area contributed by atoms with Gasteiger partial charge in [0.05, 0.1) is 0 Å². The van der Waals surface area contributed by atoms with Crippen LogP contribution in [0.4, 0.5) is 0 Å². The molecule has 0 unspecified atom stereocenters. The Balaban J connectivity index is 2.31. The Bertz CT molecular complexity index is 302. The smallest absolute Gasteiger partial charge is 0.0341 e. The van der Waals surface area contributed by atoms with E-state index in [1.54, 1.807) is 0 Å². The van der Waals surface area contributed by atoms with Gasteiger partial charge in [0.2, 0.25) is 0 Å². The third-order valence-corrected chi connectivity index (χ3v) is 2.78. The molecule has 0 aliphatic heterocycles. The van der Waals surface area contributed by atoms with E-state index < -0.39 is 0 Å². The number of nitrogens with zero attached hydrogens (tertiary/aromatic N) is 1. The van der Waals surface area contributed by atoms with Crippen LogP contribution in [0.3, 0.4) is 0 Å². The number of nitrogens with one attached hydrogen (secondary N) is 1. The van der Waals surface area contributed by atoms with Crippen molar-refractivity contribution in [2.24, 2.45) is 0 Å². The molecule has 0 fully saturated rings. The summed E-state index contributed by atoms with van der Waals surface area (Å²) in [4.78, 5) is 2.39. The highest BCUT2D eigenvalue weighted by molar-refractivity contribution is 5.61. The molecule has 0 bridgehead atoms. The molecule has 0 amide bonds. The van der Waals surface area contributed by atoms with Gasteiger partial charge < -0.3 is 10.2 Å². The highest BCUT2D eigenvalue weighted by atomic mass is 15.1. The summed E-state index contributed by atoms with van der Waals surface area (Å²) in [5, 5.41) is 3.36. The largest absolute Gasteiger partial charge is 0.384 e. The minimum Gasteiger partial charge on any atom is -0.384 e. The Kier molecular flexibility index (Phi) is 5.65. The van der Waals surface area contributed by atoms with E-state index in [9.17, 15) is 0 Å². The Morgan fingerprint density at radius 3 is 2.38 bits per heavy atom. The van der Waals surface area contributed by atoms with E-state index in [-0.39, 0.29) is 0 Å². The summed E-state index contributed by atoms with van der Waals surface area (Å²) in [6, 6.07) is 10.2. The Morgan fingerprint density at radius 2 is 1.81 bits per heavy atom. The van der Waals surface area contributed by atoms with Gasteiger partial charge in [-0.2, -0.15) is 0 Å². The zero-order chi connectivity index (χ0) is 11.8. The second kappa shape index (κ2) is 7.07. The number of likely N-dealkylation sites (N-methyl/N-ethyl adjacent to an activating group) is 1. The lowest BCUT2D eigenvalue weighted by atomic mass is 10.2. The van der Waals surface area contributed by atoms with Crippen LogP contribution in [-0.4, -0.2) is 31.1 Å². The maximum atomic E-state index is 4.04. The van der Waals surface area contributed by atoms with Crippen molar-refractivity contribution in [1.29, 1.82) is 0 Å². The van der Waals surface area contributed by atoms with Crippen LogP contribution in [0.1, 0.15) is 19.4 Å². The standard InChI is InChI=1S/C14H22N2/c1-4-16(5-2)12-11-15-13(3)14-9-7-6-8-10-14/h6-10,15H,3-5,11-12H2,1-2H3. The third-order valence-electron chi connectivity index (χ3n) is 2.78. The van der Waals surface area contributed by atoms with Crippen LogP contribution in [0.25, 0.3) is 5.70 Å². The Labute approximate surface area is 99.0 Å². The third kappa shape index (κ3) is 4.07. The number of hydrogen-bond acceptors (Lipinski definition) is 2. The molecule has 16 heavy (non-hydrogen) atoms. The van der Waals surface area contributed by atoms with E-state index in [0.29, 0.717) is 0 Å². The van der Waals surface area contributed by atoms with Gasteiger partial charge in [-0.15, -0.1) is 0 Å². The predicted octanol–water partition coefficient (Wildman–Crippen LogP) is 2.59. The fourth-order valence-corrected chi connectivity index (χ4v) is 1.65. The van der Waals surface area contributed by atoms with Gasteiger partial charge >= 0.3 is 0 Å². The zero-order valence-electron chi connectivity index (χ0n) is 10.4. The zero-order valence-corrected chi connectivity index (χ0v) is 10.4. The summed E-state index contributed by atoms with van der Waals surface area (Å²) >= 11 is 0. The van der Waals surface area contributed by atoms with E-state index in [2.05, 4.69) is 42.8 Å². The molecule has 1 N–H and O–H groups in total. The molecule has 0 heterocycles. The lowest BCUT2D eigenvalue weighted by Crippen LogP contribution is -2.31. The molecule has 0 spiro atoms. The first-order valence-electron chi connectivity index (χ1n) is 5.98. The molecular weight excluding hydrogens is 196 g/mol. The van der Waals surface area contributed by atoms with Crippen molar-refractivity contribution in [3.05, 3.63) is 42.5 Å². The van der Waals surface area contributed by atoms with Crippen LogP contribution in [0.5, 0.6) is 0 Å². The molecule has 0 saturated carbocycles. The van der Waals surface area contributed by atoms with Crippen LogP contribution in [0.2, 0.25) is 0 Å². The number of rotatable bonds is 7. The summed E-state index contributed by atoms with van der Waals surface area (Å²) in [5.41, 5.74) is 2.18. The van der Waals surface area contributed by atoms with Crippen molar-refractivity contribution in [3.8, 4) is 0 Å². The Hall–Kier alpha value is -1.28. The molecule has 2 heteroatoms. The van der Waals surface area contributed by atoms with Gasteiger partial charge in [-0.1, -0.05) is 50.8 Å². The van der Waals surface area contributed by atoms with E-state index in [1.807, 2.05) is 18.2 Å². The summed E-state index contributed by atoms with van der Waals surface area (Å²) in [6.45, 7) is 12.7. The fraction of sp³-hybridized carbons (Fsp3) is 0.429. The lowest BCUT2D eigenvalue weighted by molar-refractivity contribution is 0.308. The van der Waals surface area contributed by atoms with Crippen molar-refractivity contribution in [1.82, 2.24) is 10.2 Å². The molecule has 0 saturated heterocycles. The minimum absolute atomic E-state index is 0.954. The van der Waals surface area contributed by atoms with Gasteiger partial charge in [0.1, 0.15) is 0 Å². The van der Waals surface area contributed by atoms with Gasteiger partial charge in [0.15, 0.2) is 0 Å². The summed E-state index contributed by atoms with van der Waals surface area (Å²) in [7, 11) is 0. The van der Waals surface area contributed by atoms with Crippen LogP contribution in [-0.2, 0) is 0 Å². The van der Waals surface area contributed by atoms with Gasteiger partial charge in [-0.3, -0.25) is 0 Å². The van der Waals surface area contributed by atoms with E-state index in [0.717, 1.165) is 31.9 Å². The van der Waals surface area contributed by atoms with Crippen molar-refractivity contribution in [2.45, 2.75) is 13.8 Å². The van der Waals surface area contributed by atoms with E-state index >= 15 is 0 Å². The number of benzene rings is 1. The maximum Gasteiger partial charge on any atom is 0.0341 e. The molecule has 0 aromatic heterocycles. The number of hydrogen-bond donors (Lipinski definition) is 1. The van der Waals surface area contributed by atoms with Crippen molar-refractivity contribution in [2.75, 3.05) is 26.2 Å². The van der Waals surface area contributed by atoms with Crippen LogP contribution < -0.4 is 5.32 Å². The van der Waals surface area contributed by atoms with E-state index in [1.165, 1.54) is 5.56 Å². The van der Waals surface area contributed by atoms with Crippen molar-refractivity contribution < 1.29 is 0 Å². The molecular formula is C14H22N2. The predicted molar refractivity (Wildman–Crippen MR) is 71.3 cm³/mol. The highest BCUT2D eigenvalue weighted by Crippen LogP contribution is 2.07. The van der Waals surface area contributed by atoms with Crippen LogP contribution in [0, 0.1) is 0 Å². The lowest BCUT2D eigenvalue weighted by Gasteiger charge is -2.19. The monoisotopic (exact) mass is 218 g/mol. The average Bonchev–Trinajstić information content (AvgIpc) is 2.35. The maximum absolute atomic E-state index is 4.04. The molecule has 1 aromatic carbocycles. The molecule has 0 radical (unpaired) electrons. The van der Waals surface area contributed by atoms with Crippen LogP contribution in [0.15, 0.2) is 36.9 Å². The van der Waals surface area contributed by atoms with Gasteiger partial charge in [-0.25, -0.2) is 0 Å². The van der Waals surface area contributed by atoms with Crippen molar-refractivity contribution in [3.63, 3.8) is 0 Å².